The van der Waals surface area contributed by atoms with Gasteiger partial charge in [0.05, 0.1) is 40.6 Å². The number of amides is 3. The number of halogens is 2. The molecule has 2 heterocycles. The minimum absolute atomic E-state index is 0.127. The average Bonchev–Trinajstić information content (AvgIpc) is 3.57. The zero-order chi connectivity index (χ0) is 27.9. The van der Waals surface area contributed by atoms with Gasteiger partial charge in [0, 0.05) is 12.6 Å². The van der Waals surface area contributed by atoms with Crippen LogP contribution in [-0.2, 0) is 27.2 Å². The topological polar surface area (TPSA) is 106 Å². The van der Waals surface area contributed by atoms with E-state index in [0.717, 1.165) is 36.9 Å². The van der Waals surface area contributed by atoms with Crippen LogP contribution in [0, 0.1) is 0 Å². The number of aryl methyl sites for hydroxylation is 1. The van der Waals surface area contributed by atoms with E-state index in [9.17, 15) is 14.4 Å². The Morgan fingerprint density at radius 2 is 1.90 bits per heavy atom. The van der Waals surface area contributed by atoms with Crippen molar-refractivity contribution in [3.63, 3.8) is 0 Å². The number of hydrogen-bond donors (Lipinski definition) is 2. The molecule has 1 aliphatic heterocycles. The molecule has 0 unspecified atom stereocenters. The minimum atomic E-state index is -0.541. The van der Waals surface area contributed by atoms with E-state index in [1.54, 1.807) is 27.8 Å². The van der Waals surface area contributed by atoms with Crippen LogP contribution < -0.4 is 10.6 Å². The predicted octanol–water partition coefficient (Wildman–Crippen LogP) is 5.87. The van der Waals surface area contributed by atoms with Crippen LogP contribution in [0.1, 0.15) is 43.9 Å². The molecule has 2 N–H and O–H groups in total. The molecule has 39 heavy (non-hydrogen) atoms. The summed E-state index contributed by atoms with van der Waals surface area (Å²) in [4.78, 5) is 39.6. The number of carbonyl (C=O) groups excluding carboxylic acids is 3. The van der Waals surface area contributed by atoms with E-state index in [4.69, 9.17) is 33.0 Å². The molecule has 1 atom stereocenters. The van der Waals surface area contributed by atoms with Crippen LogP contribution in [-0.4, -0.2) is 52.3 Å². The molecule has 0 spiro atoms. The first-order valence-corrected chi connectivity index (χ1v) is 13.6. The van der Waals surface area contributed by atoms with Gasteiger partial charge in [-0.2, -0.15) is 5.10 Å². The van der Waals surface area contributed by atoms with E-state index < -0.39 is 12.1 Å². The largest absolute Gasteiger partial charge is 0.467 e. The third kappa shape index (κ3) is 6.91. The number of carbonyl (C=O) groups is 3. The lowest BCUT2D eigenvalue weighted by Gasteiger charge is -2.22. The molecule has 0 saturated carbocycles. The maximum absolute atomic E-state index is 13.1. The number of esters is 1. The molecule has 4 rings (SSSR count). The third-order valence-corrected chi connectivity index (χ3v) is 7.36. The van der Waals surface area contributed by atoms with Crippen molar-refractivity contribution >= 4 is 52.6 Å². The van der Waals surface area contributed by atoms with Gasteiger partial charge in [-0.25, -0.2) is 14.3 Å². The van der Waals surface area contributed by atoms with Crippen molar-refractivity contribution in [1.82, 2.24) is 14.7 Å². The van der Waals surface area contributed by atoms with Gasteiger partial charge in [0.15, 0.2) is 0 Å². The number of benzene rings is 2. The van der Waals surface area contributed by atoms with E-state index in [2.05, 4.69) is 17.6 Å². The zero-order valence-electron chi connectivity index (χ0n) is 21.9. The maximum atomic E-state index is 13.1. The smallest absolute Gasteiger partial charge is 0.328 e. The third-order valence-electron chi connectivity index (χ3n) is 6.54. The Morgan fingerprint density at radius 3 is 2.67 bits per heavy atom. The predicted molar refractivity (Wildman–Crippen MR) is 152 cm³/mol. The summed E-state index contributed by atoms with van der Waals surface area (Å²) >= 11 is 12.3. The minimum Gasteiger partial charge on any atom is -0.467 e. The maximum Gasteiger partial charge on any atom is 0.328 e. The van der Waals surface area contributed by atoms with Gasteiger partial charge in [-0.3, -0.25) is 10.1 Å². The van der Waals surface area contributed by atoms with Crippen molar-refractivity contribution in [3.05, 3.63) is 69.8 Å². The summed E-state index contributed by atoms with van der Waals surface area (Å²) in [6, 6.07) is 13.2. The summed E-state index contributed by atoms with van der Waals surface area (Å²) in [6.07, 6.45) is 4.20. The summed E-state index contributed by atoms with van der Waals surface area (Å²) in [5.74, 6) is -0.0652. The Kier molecular flexibility index (Phi) is 9.48. The van der Waals surface area contributed by atoms with Gasteiger partial charge in [0.2, 0.25) is 5.91 Å². The van der Waals surface area contributed by atoms with Crippen LogP contribution in [0.4, 0.5) is 16.3 Å². The second-order valence-electron chi connectivity index (χ2n) is 9.33. The second-order valence-corrected chi connectivity index (χ2v) is 10.1. The fourth-order valence-electron chi connectivity index (χ4n) is 4.59. The Bertz CT molecular complexity index is 1360. The highest BCUT2D eigenvalue weighted by molar-refractivity contribution is 6.44. The number of likely N-dealkylation sites (tertiary alicyclic amines) is 1. The molecule has 1 fully saturated rings. The number of urea groups is 1. The van der Waals surface area contributed by atoms with Gasteiger partial charge in [-0.1, -0.05) is 54.7 Å². The molecular formula is C28H31Cl2N5O4. The van der Waals surface area contributed by atoms with E-state index in [1.807, 2.05) is 30.3 Å². The van der Waals surface area contributed by atoms with Gasteiger partial charge in [-0.05, 0) is 55.5 Å². The van der Waals surface area contributed by atoms with Crippen molar-refractivity contribution in [2.75, 3.05) is 24.3 Å². The summed E-state index contributed by atoms with van der Waals surface area (Å²) in [6.45, 7) is 2.63. The lowest BCUT2D eigenvalue weighted by molar-refractivity contribution is -0.150. The first-order chi connectivity index (χ1) is 18.8. The van der Waals surface area contributed by atoms with Gasteiger partial charge >= 0.3 is 12.0 Å². The molecule has 3 amide bonds. The molecule has 1 aliphatic rings. The second kappa shape index (κ2) is 13.0. The van der Waals surface area contributed by atoms with Crippen LogP contribution >= 0.6 is 23.2 Å². The number of unbranched alkanes of at least 4 members (excludes halogenated alkanes) is 1. The first-order valence-electron chi connectivity index (χ1n) is 12.9. The molecule has 9 nitrogen and oxygen atoms in total. The molecule has 2 aromatic carbocycles. The molecule has 0 radical (unpaired) electrons. The molecule has 0 bridgehead atoms. The Hall–Kier alpha value is -3.56. The summed E-state index contributed by atoms with van der Waals surface area (Å²) < 4.78 is 6.51. The molecule has 3 aromatic rings. The highest BCUT2D eigenvalue weighted by Gasteiger charge is 2.34. The van der Waals surface area contributed by atoms with Gasteiger partial charge in [-0.15, -0.1) is 0 Å². The molecule has 11 heteroatoms. The summed E-state index contributed by atoms with van der Waals surface area (Å²) in [5.41, 5.74) is 2.66. The quantitative estimate of drug-likeness (QED) is 0.312. The number of methoxy groups -OCH3 is 1. The van der Waals surface area contributed by atoms with Crippen LogP contribution in [0.25, 0.3) is 5.69 Å². The lowest BCUT2D eigenvalue weighted by Crippen LogP contribution is -2.41. The van der Waals surface area contributed by atoms with Crippen LogP contribution in [0.15, 0.2) is 48.5 Å². The fraction of sp³-hybridized carbons (Fsp3) is 0.357. The van der Waals surface area contributed by atoms with Crippen molar-refractivity contribution in [3.8, 4) is 5.69 Å². The number of nitrogens with zero attached hydrogens (tertiary/aromatic N) is 3. The normalized spacial score (nSPS) is 14.8. The van der Waals surface area contributed by atoms with Crippen LogP contribution in [0.3, 0.4) is 0 Å². The Morgan fingerprint density at radius 1 is 1.10 bits per heavy atom. The summed E-state index contributed by atoms with van der Waals surface area (Å²) in [5, 5.41) is 10.9. The highest BCUT2D eigenvalue weighted by Crippen LogP contribution is 2.30. The zero-order valence-corrected chi connectivity index (χ0v) is 23.4. The number of ether oxygens (including phenoxy) is 1. The van der Waals surface area contributed by atoms with E-state index >= 15 is 0 Å². The molecule has 0 aliphatic carbocycles. The van der Waals surface area contributed by atoms with Crippen molar-refractivity contribution in [1.29, 1.82) is 0 Å². The number of aromatic nitrogens is 2. The van der Waals surface area contributed by atoms with Gasteiger partial charge < -0.3 is 15.0 Å². The van der Waals surface area contributed by atoms with E-state index in [0.29, 0.717) is 35.2 Å². The average molecular weight is 572 g/mol. The van der Waals surface area contributed by atoms with Gasteiger partial charge in [0.1, 0.15) is 11.9 Å². The van der Waals surface area contributed by atoms with Crippen LogP contribution in [0.2, 0.25) is 10.0 Å². The fourth-order valence-corrected chi connectivity index (χ4v) is 4.93. The first kappa shape index (κ1) is 28.4. The van der Waals surface area contributed by atoms with Crippen molar-refractivity contribution in [2.45, 2.75) is 51.5 Å². The molecule has 1 saturated heterocycles. The lowest BCUT2D eigenvalue weighted by atomic mass is 10.1. The molecule has 206 valence electrons. The van der Waals surface area contributed by atoms with Crippen LogP contribution in [0.5, 0.6) is 0 Å². The highest BCUT2D eigenvalue weighted by atomic mass is 35.5. The van der Waals surface area contributed by atoms with E-state index in [1.165, 1.54) is 7.11 Å². The van der Waals surface area contributed by atoms with Crippen molar-refractivity contribution in [2.24, 2.45) is 0 Å². The van der Waals surface area contributed by atoms with Crippen molar-refractivity contribution < 1.29 is 19.1 Å². The Labute approximate surface area is 237 Å². The molecule has 1 aromatic heterocycles. The monoisotopic (exact) mass is 571 g/mol. The Balaban J connectivity index is 1.55. The number of hydrogen-bond acceptors (Lipinski definition) is 5. The number of rotatable bonds is 9. The number of nitrogens with one attached hydrogen (secondary N) is 2. The SMILES string of the molecule is CCCCc1cc(NC(=O)Nc2cccc(Cl)c2Cl)n(-c2cccc(CC(=O)N3CCC[C@H]3C(=O)OC)c2)n1. The summed E-state index contributed by atoms with van der Waals surface area (Å²) in [7, 11) is 1.33. The van der Waals surface area contributed by atoms with E-state index in [-0.39, 0.29) is 23.3 Å². The molecular weight excluding hydrogens is 541 g/mol. The number of anilines is 2. The van der Waals surface area contributed by atoms with Gasteiger partial charge in [0.25, 0.3) is 0 Å². The standard InChI is InChI=1S/C28H31Cl2N5O4/c1-3-4-9-19-17-24(32-28(38)31-22-12-6-11-21(29)26(22)30)35(33-19)20-10-5-8-18(15-20)16-25(36)34-14-7-13-23(34)27(37)39-2/h5-6,8,10-12,15,17,23H,3-4,7,9,13-14,16H2,1-2H3,(H2,31,32,38)/t23-/m0/s1.